The Morgan fingerprint density at radius 3 is 2.84 bits per heavy atom. The van der Waals surface area contributed by atoms with Crippen molar-refractivity contribution >= 4 is 23.4 Å². The van der Waals surface area contributed by atoms with Gasteiger partial charge in [-0.25, -0.2) is 9.97 Å². The van der Waals surface area contributed by atoms with Crippen molar-refractivity contribution in [3.05, 3.63) is 47.4 Å². The van der Waals surface area contributed by atoms with Crippen LogP contribution < -0.4 is 5.32 Å². The van der Waals surface area contributed by atoms with E-state index in [1.807, 2.05) is 18.2 Å². The molecule has 0 unspecified atom stereocenters. The van der Waals surface area contributed by atoms with E-state index in [0.717, 1.165) is 21.5 Å². The molecular weight excluding hydrogens is 278 g/mol. The van der Waals surface area contributed by atoms with Gasteiger partial charge in [0.1, 0.15) is 11.4 Å². The van der Waals surface area contributed by atoms with Crippen LogP contribution >= 0.6 is 23.4 Å². The van der Waals surface area contributed by atoms with Crippen LogP contribution in [0.15, 0.2) is 46.7 Å². The Balaban J connectivity index is 2.22. The summed E-state index contributed by atoms with van der Waals surface area (Å²) < 4.78 is 0. The maximum atomic E-state index is 6.30. The third-order valence-corrected chi connectivity index (χ3v) is 4.07. The Morgan fingerprint density at radius 1 is 1.32 bits per heavy atom. The molecule has 0 radical (unpaired) electrons. The van der Waals surface area contributed by atoms with Gasteiger partial charge in [-0.1, -0.05) is 49.3 Å². The van der Waals surface area contributed by atoms with Crippen molar-refractivity contribution in [2.75, 3.05) is 0 Å². The number of nitrogens with zero attached hydrogens (tertiary/aromatic N) is 2. The van der Waals surface area contributed by atoms with Crippen LogP contribution in [0, 0.1) is 0 Å². The first-order chi connectivity index (χ1) is 9.16. The van der Waals surface area contributed by atoms with E-state index in [0.29, 0.717) is 6.04 Å². The Hall–Kier alpha value is -1.10. The van der Waals surface area contributed by atoms with Gasteiger partial charge in [-0.3, -0.25) is 0 Å². The van der Waals surface area contributed by atoms with E-state index >= 15 is 0 Å². The van der Waals surface area contributed by atoms with E-state index in [9.17, 15) is 0 Å². The minimum absolute atomic E-state index is 0.441. The summed E-state index contributed by atoms with van der Waals surface area (Å²) in [7, 11) is 0. The number of halogens is 1. The second kappa shape index (κ2) is 6.89. The molecule has 1 aromatic carbocycles. The zero-order chi connectivity index (χ0) is 13.7. The third-order valence-electron chi connectivity index (χ3n) is 2.51. The largest absolute Gasteiger partial charge is 0.310 e. The highest BCUT2D eigenvalue weighted by molar-refractivity contribution is 7.99. The SMILES string of the molecule is CC(C)NCc1cccc(Cl)c1Sc1ccncn1. The molecule has 0 aliphatic carbocycles. The second-order valence-electron chi connectivity index (χ2n) is 4.41. The molecule has 2 aromatic rings. The standard InChI is InChI=1S/C14H16ClN3S/c1-10(2)17-8-11-4-3-5-12(15)14(11)19-13-6-7-16-9-18-13/h3-7,9-10,17H,8H2,1-2H3. The Kier molecular flexibility index (Phi) is 5.19. The Bertz CT molecular complexity index is 531. The molecule has 0 aliphatic rings. The lowest BCUT2D eigenvalue weighted by Crippen LogP contribution is -2.22. The number of benzene rings is 1. The predicted molar refractivity (Wildman–Crippen MR) is 79.6 cm³/mol. The van der Waals surface area contributed by atoms with Crippen molar-refractivity contribution in [2.45, 2.75) is 36.4 Å². The highest BCUT2D eigenvalue weighted by Gasteiger charge is 2.09. The lowest BCUT2D eigenvalue weighted by atomic mass is 10.2. The Labute approximate surface area is 122 Å². The number of rotatable bonds is 5. The lowest BCUT2D eigenvalue weighted by molar-refractivity contribution is 0.585. The topological polar surface area (TPSA) is 37.8 Å². The van der Waals surface area contributed by atoms with Crippen LogP contribution in [0.2, 0.25) is 5.02 Å². The van der Waals surface area contributed by atoms with Crippen molar-refractivity contribution in [3.63, 3.8) is 0 Å². The maximum Gasteiger partial charge on any atom is 0.116 e. The fraction of sp³-hybridized carbons (Fsp3) is 0.286. The van der Waals surface area contributed by atoms with Gasteiger partial charge in [0.15, 0.2) is 0 Å². The Morgan fingerprint density at radius 2 is 2.16 bits per heavy atom. The maximum absolute atomic E-state index is 6.30. The molecule has 1 N–H and O–H groups in total. The van der Waals surface area contributed by atoms with E-state index in [1.165, 1.54) is 5.56 Å². The van der Waals surface area contributed by atoms with Crippen LogP contribution in [0.4, 0.5) is 0 Å². The summed E-state index contributed by atoms with van der Waals surface area (Å²) in [6, 6.07) is 8.29. The molecule has 19 heavy (non-hydrogen) atoms. The van der Waals surface area contributed by atoms with E-state index in [4.69, 9.17) is 11.6 Å². The monoisotopic (exact) mass is 293 g/mol. The first-order valence-corrected chi connectivity index (χ1v) is 7.31. The number of hydrogen-bond donors (Lipinski definition) is 1. The summed E-state index contributed by atoms with van der Waals surface area (Å²) in [5.41, 5.74) is 1.19. The fourth-order valence-corrected chi connectivity index (χ4v) is 2.75. The smallest absolute Gasteiger partial charge is 0.116 e. The van der Waals surface area contributed by atoms with Gasteiger partial charge in [0, 0.05) is 23.7 Å². The predicted octanol–water partition coefficient (Wildman–Crippen LogP) is 3.78. The van der Waals surface area contributed by atoms with E-state index in [2.05, 4.69) is 35.2 Å². The average Bonchev–Trinajstić information content (AvgIpc) is 2.40. The van der Waals surface area contributed by atoms with Crippen molar-refractivity contribution in [3.8, 4) is 0 Å². The number of aromatic nitrogens is 2. The van der Waals surface area contributed by atoms with Gasteiger partial charge in [-0.15, -0.1) is 0 Å². The van der Waals surface area contributed by atoms with Crippen LogP contribution in [0.5, 0.6) is 0 Å². The quantitative estimate of drug-likeness (QED) is 0.852. The van der Waals surface area contributed by atoms with Crippen molar-refractivity contribution in [2.24, 2.45) is 0 Å². The molecule has 0 saturated heterocycles. The van der Waals surface area contributed by atoms with E-state index in [-0.39, 0.29) is 0 Å². The highest BCUT2D eigenvalue weighted by atomic mass is 35.5. The fourth-order valence-electron chi connectivity index (χ4n) is 1.56. The van der Waals surface area contributed by atoms with Crippen molar-refractivity contribution in [1.29, 1.82) is 0 Å². The minimum atomic E-state index is 0.441. The van der Waals surface area contributed by atoms with E-state index in [1.54, 1.807) is 24.3 Å². The van der Waals surface area contributed by atoms with Crippen LogP contribution in [-0.4, -0.2) is 16.0 Å². The molecule has 0 amide bonds. The van der Waals surface area contributed by atoms with E-state index < -0.39 is 0 Å². The van der Waals surface area contributed by atoms with Crippen LogP contribution in [0.1, 0.15) is 19.4 Å². The van der Waals surface area contributed by atoms with Crippen LogP contribution in [0.25, 0.3) is 0 Å². The summed E-state index contributed by atoms with van der Waals surface area (Å²) in [4.78, 5) is 9.20. The number of nitrogens with one attached hydrogen (secondary N) is 1. The van der Waals surface area contributed by atoms with Gasteiger partial charge in [-0.2, -0.15) is 0 Å². The molecule has 1 heterocycles. The molecule has 2 rings (SSSR count). The highest BCUT2D eigenvalue weighted by Crippen LogP contribution is 2.34. The first-order valence-electron chi connectivity index (χ1n) is 6.11. The van der Waals surface area contributed by atoms with Gasteiger partial charge in [0.05, 0.1) is 5.02 Å². The van der Waals surface area contributed by atoms with Crippen LogP contribution in [-0.2, 0) is 6.54 Å². The minimum Gasteiger partial charge on any atom is -0.310 e. The normalized spacial score (nSPS) is 10.9. The average molecular weight is 294 g/mol. The van der Waals surface area contributed by atoms with Crippen LogP contribution in [0.3, 0.4) is 0 Å². The summed E-state index contributed by atoms with van der Waals surface area (Å²) in [5.74, 6) is 0. The summed E-state index contributed by atoms with van der Waals surface area (Å²) >= 11 is 7.87. The van der Waals surface area contributed by atoms with Gasteiger partial charge < -0.3 is 5.32 Å². The lowest BCUT2D eigenvalue weighted by Gasteiger charge is -2.13. The molecule has 3 nitrogen and oxygen atoms in total. The molecule has 100 valence electrons. The molecule has 0 atom stereocenters. The zero-order valence-electron chi connectivity index (χ0n) is 10.9. The van der Waals surface area contributed by atoms with Gasteiger partial charge >= 0.3 is 0 Å². The number of hydrogen-bond acceptors (Lipinski definition) is 4. The van der Waals surface area contributed by atoms with Gasteiger partial charge in [0.25, 0.3) is 0 Å². The molecule has 0 saturated carbocycles. The van der Waals surface area contributed by atoms with Crippen molar-refractivity contribution < 1.29 is 0 Å². The molecule has 0 fully saturated rings. The molecule has 0 bridgehead atoms. The third kappa shape index (κ3) is 4.20. The van der Waals surface area contributed by atoms with Crippen molar-refractivity contribution in [1.82, 2.24) is 15.3 Å². The van der Waals surface area contributed by atoms with Gasteiger partial charge in [-0.05, 0) is 17.7 Å². The zero-order valence-corrected chi connectivity index (χ0v) is 12.5. The van der Waals surface area contributed by atoms with Gasteiger partial charge in [0.2, 0.25) is 0 Å². The molecule has 0 aliphatic heterocycles. The molecular formula is C14H16ClN3S. The summed E-state index contributed by atoms with van der Waals surface area (Å²) in [6.45, 7) is 5.05. The molecule has 5 heteroatoms. The summed E-state index contributed by atoms with van der Waals surface area (Å²) in [5, 5.41) is 5.06. The first kappa shape index (κ1) is 14.3. The molecule has 0 spiro atoms. The molecule has 1 aromatic heterocycles. The summed E-state index contributed by atoms with van der Waals surface area (Å²) in [6.07, 6.45) is 3.28. The second-order valence-corrected chi connectivity index (χ2v) is 5.85.